The smallest absolute Gasteiger partial charge is 0.119 e. The zero-order valence-electron chi connectivity index (χ0n) is 20.5. The molecule has 0 aromatic heterocycles. The van der Waals surface area contributed by atoms with E-state index in [0.29, 0.717) is 23.5 Å². The van der Waals surface area contributed by atoms with E-state index in [1.54, 1.807) is 12.1 Å². The highest BCUT2D eigenvalue weighted by atomic mass is 16.5. The molecule has 0 fully saturated rings. The molecule has 2 aromatic rings. The van der Waals surface area contributed by atoms with Gasteiger partial charge in [0, 0.05) is 5.41 Å². The van der Waals surface area contributed by atoms with Crippen molar-refractivity contribution in [3.8, 4) is 5.75 Å². The molecule has 3 N–H and O–H groups in total. The Labute approximate surface area is 193 Å². The van der Waals surface area contributed by atoms with Crippen molar-refractivity contribution in [1.29, 1.82) is 0 Å². The van der Waals surface area contributed by atoms with Crippen molar-refractivity contribution >= 4 is 6.08 Å². The molecular weight excluding hydrogens is 400 g/mol. The Bertz CT molecular complexity index is 904. The number of benzene rings is 2. The summed E-state index contributed by atoms with van der Waals surface area (Å²) in [4.78, 5) is 0. The van der Waals surface area contributed by atoms with Crippen molar-refractivity contribution in [2.45, 2.75) is 79.1 Å². The third-order valence-electron chi connectivity index (χ3n) is 6.61. The van der Waals surface area contributed by atoms with Gasteiger partial charge in [-0.15, -0.1) is 0 Å². The predicted octanol–water partition coefficient (Wildman–Crippen LogP) is 5.54. The van der Waals surface area contributed by atoms with Crippen molar-refractivity contribution in [2.75, 3.05) is 6.61 Å². The zero-order valence-corrected chi connectivity index (χ0v) is 20.5. The summed E-state index contributed by atoms with van der Waals surface area (Å²) in [5, 5.41) is 29.3. The molecule has 4 heteroatoms. The predicted molar refractivity (Wildman–Crippen MR) is 132 cm³/mol. The highest BCUT2D eigenvalue weighted by Gasteiger charge is 2.30. The minimum absolute atomic E-state index is 0.100. The Morgan fingerprint density at radius 3 is 2.12 bits per heavy atom. The molecule has 0 spiro atoms. The van der Waals surface area contributed by atoms with Crippen LogP contribution in [-0.2, 0) is 18.6 Å². The minimum Gasteiger partial charge on any atom is -0.493 e. The molecule has 0 aliphatic heterocycles. The van der Waals surface area contributed by atoms with Crippen molar-refractivity contribution in [3.63, 3.8) is 0 Å². The van der Waals surface area contributed by atoms with E-state index in [9.17, 15) is 15.3 Å². The number of aliphatic hydroxyl groups is 3. The second-order valence-electron chi connectivity index (χ2n) is 9.76. The molecule has 0 aliphatic carbocycles. The molecule has 176 valence electrons. The fraction of sp³-hybridized carbons (Fsp3) is 0.500. The molecule has 32 heavy (non-hydrogen) atoms. The van der Waals surface area contributed by atoms with Crippen molar-refractivity contribution in [1.82, 2.24) is 0 Å². The first-order chi connectivity index (χ1) is 15.1. The van der Waals surface area contributed by atoms with E-state index >= 15 is 0 Å². The van der Waals surface area contributed by atoms with Crippen LogP contribution < -0.4 is 4.74 Å². The average molecular weight is 441 g/mol. The van der Waals surface area contributed by atoms with Gasteiger partial charge in [-0.3, -0.25) is 0 Å². The average Bonchev–Trinajstić information content (AvgIpc) is 2.78. The highest BCUT2D eigenvalue weighted by molar-refractivity contribution is 5.55. The van der Waals surface area contributed by atoms with E-state index in [4.69, 9.17) is 4.74 Å². The molecule has 0 heterocycles. The number of hydrogen-bond acceptors (Lipinski definition) is 4. The Kier molecular flexibility index (Phi) is 9.08. The molecule has 2 aromatic carbocycles. The van der Waals surface area contributed by atoms with Crippen LogP contribution >= 0.6 is 0 Å². The Morgan fingerprint density at radius 2 is 1.59 bits per heavy atom. The largest absolute Gasteiger partial charge is 0.493 e. The lowest BCUT2D eigenvalue weighted by Gasteiger charge is -2.33. The normalized spacial score (nSPS) is 13.5. The first-order valence-electron chi connectivity index (χ1n) is 11.5. The van der Waals surface area contributed by atoms with Crippen LogP contribution in [0, 0.1) is 12.3 Å². The third kappa shape index (κ3) is 6.22. The Morgan fingerprint density at radius 1 is 0.938 bits per heavy atom. The van der Waals surface area contributed by atoms with Crippen molar-refractivity contribution in [3.05, 3.63) is 70.3 Å². The summed E-state index contributed by atoms with van der Waals surface area (Å²) in [5.74, 6) is 0.699. The first kappa shape index (κ1) is 26.1. The third-order valence-corrected chi connectivity index (χ3v) is 6.61. The zero-order chi connectivity index (χ0) is 23.9. The van der Waals surface area contributed by atoms with Gasteiger partial charge in [0.05, 0.1) is 25.9 Å². The quantitative estimate of drug-likeness (QED) is 0.454. The van der Waals surface area contributed by atoms with Gasteiger partial charge in [-0.05, 0) is 65.1 Å². The van der Waals surface area contributed by atoms with Crippen LogP contribution in [0.15, 0.2) is 42.5 Å². The summed E-state index contributed by atoms with van der Waals surface area (Å²) in [5.41, 5.74) is 4.59. The summed E-state index contributed by atoms with van der Waals surface area (Å²) in [6, 6.07) is 12.0. The van der Waals surface area contributed by atoms with Crippen LogP contribution in [0.5, 0.6) is 5.75 Å². The summed E-state index contributed by atoms with van der Waals surface area (Å²) < 4.78 is 6.20. The number of aryl methyl sites for hydroxylation is 1. The molecular formula is C28H40O4. The molecule has 1 unspecified atom stereocenters. The van der Waals surface area contributed by atoms with Gasteiger partial charge in [-0.25, -0.2) is 0 Å². The van der Waals surface area contributed by atoms with E-state index in [-0.39, 0.29) is 24.0 Å². The van der Waals surface area contributed by atoms with E-state index in [1.807, 2.05) is 39.0 Å². The van der Waals surface area contributed by atoms with Gasteiger partial charge in [-0.2, -0.15) is 0 Å². The van der Waals surface area contributed by atoms with Crippen LogP contribution in [0.25, 0.3) is 6.08 Å². The van der Waals surface area contributed by atoms with E-state index in [1.165, 1.54) is 11.1 Å². The molecule has 0 amide bonds. The SMILES string of the molecule is CCC(CC)(COc1ccc(CO)c(CO)c1)c1ccc(C=CC(O)C(C)(C)C)c(C)c1. The fourth-order valence-corrected chi connectivity index (χ4v) is 3.84. The molecule has 0 saturated carbocycles. The second kappa shape index (κ2) is 11.1. The van der Waals surface area contributed by atoms with Crippen LogP contribution in [0.4, 0.5) is 0 Å². The van der Waals surface area contributed by atoms with Gasteiger partial charge in [-0.1, -0.05) is 71.0 Å². The standard InChI is InChI=1S/C28H40O4/c1-7-28(8-2,19-32-25-13-10-22(17-29)23(16-25)18-30)24-12-9-21(20(3)15-24)11-14-26(31)27(4,5)6/h9-16,26,29-31H,7-8,17-19H2,1-6H3. The second-order valence-corrected chi connectivity index (χ2v) is 9.76. The van der Waals surface area contributed by atoms with Crippen molar-refractivity contribution < 1.29 is 20.1 Å². The lowest BCUT2D eigenvalue weighted by atomic mass is 9.75. The molecule has 0 aliphatic rings. The van der Waals surface area contributed by atoms with Crippen LogP contribution in [0.3, 0.4) is 0 Å². The lowest BCUT2D eigenvalue weighted by molar-refractivity contribution is 0.106. The summed E-state index contributed by atoms with van der Waals surface area (Å²) in [6.45, 7) is 12.8. The maximum Gasteiger partial charge on any atom is 0.119 e. The van der Waals surface area contributed by atoms with Crippen LogP contribution in [-0.4, -0.2) is 28.0 Å². The Hall–Kier alpha value is -2.14. The molecule has 1 atom stereocenters. The summed E-state index contributed by atoms with van der Waals surface area (Å²) >= 11 is 0. The Balaban J connectivity index is 2.25. The molecule has 0 saturated heterocycles. The van der Waals surface area contributed by atoms with Gasteiger partial charge in [0.1, 0.15) is 5.75 Å². The lowest BCUT2D eigenvalue weighted by Crippen LogP contribution is -2.32. The van der Waals surface area contributed by atoms with Gasteiger partial charge >= 0.3 is 0 Å². The molecule has 0 bridgehead atoms. The fourth-order valence-electron chi connectivity index (χ4n) is 3.84. The van der Waals surface area contributed by atoms with Gasteiger partial charge in [0.15, 0.2) is 0 Å². The molecule has 2 rings (SSSR count). The van der Waals surface area contributed by atoms with Crippen LogP contribution in [0.1, 0.15) is 75.3 Å². The van der Waals surface area contributed by atoms with E-state index in [0.717, 1.165) is 18.4 Å². The number of ether oxygens (including phenoxy) is 1. The topological polar surface area (TPSA) is 69.9 Å². The monoisotopic (exact) mass is 440 g/mol. The maximum atomic E-state index is 10.3. The summed E-state index contributed by atoms with van der Waals surface area (Å²) in [6.07, 6.45) is 5.24. The number of hydrogen-bond donors (Lipinski definition) is 3. The first-order valence-corrected chi connectivity index (χ1v) is 11.5. The van der Waals surface area contributed by atoms with E-state index in [2.05, 4.69) is 39.0 Å². The highest BCUT2D eigenvalue weighted by Crippen LogP contribution is 2.34. The number of aliphatic hydroxyl groups excluding tert-OH is 3. The van der Waals surface area contributed by atoms with Crippen molar-refractivity contribution in [2.24, 2.45) is 5.41 Å². The van der Waals surface area contributed by atoms with Crippen LogP contribution in [0.2, 0.25) is 0 Å². The van der Waals surface area contributed by atoms with Gasteiger partial charge in [0.25, 0.3) is 0 Å². The molecule has 4 nitrogen and oxygen atoms in total. The molecule has 0 radical (unpaired) electrons. The maximum absolute atomic E-state index is 10.3. The summed E-state index contributed by atoms with van der Waals surface area (Å²) in [7, 11) is 0. The minimum atomic E-state index is -0.499. The van der Waals surface area contributed by atoms with Gasteiger partial charge in [0.2, 0.25) is 0 Å². The van der Waals surface area contributed by atoms with E-state index < -0.39 is 6.10 Å². The van der Waals surface area contributed by atoms with Gasteiger partial charge < -0.3 is 20.1 Å². The number of rotatable bonds is 10.